The van der Waals surface area contributed by atoms with Crippen LogP contribution in [0.3, 0.4) is 0 Å². The Hall–Kier alpha value is -3.00. The first kappa shape index (κ1) is 17.4. The Kier molecular flexibility index (Phi) is 4.72. The lowest BCUT2D eigenvalue weighted by molar-refractivity contribution is 0.0752. The van der Waals surface area contributed by atoms with Crippen molar-refractivity contribution in [3.05, 3.63) is 59.5 Å². The lowest BCUT2D eigenvalue weighted by Crippen LogP contribution is -2.48. The number of nitrogens with zero attached hydrogens (tertiary/aromatic N) is 4. The monoisotopic (exact) mass is 383 g/mol. The molecule has 0 atom stereocenters. The number of hydrogen-bond acceptors (Lipinski definition) is 6. The van der Waals surface area contributed by atoms with Gasteiger partial charge in [-0.25, -0.2) is 4.39 Å². The fourth-order valence-corrected chi connectivity index (χ4v) is 3.92. The van der Waals surface area contributed by atoms with Crippen molar-refractivity contribution in [1.82, 2.24) is 14.3 Å². The van der Waals surface area contributed by atoms with Crippen LogP contribution in [0.4, 0.5) is 15.8 Å². The number of carbonyl (C=O) groups excluding carboxylic acids is 1. The standard InChI is InChI=1S/C19H18FN5OS/c20-14-1-3-15(4-2-14)24-9-11-25(12-10-24)19(26)18-16(21)17(23-27-18)13-5-7-22-8-6-13/h1-8H,9-12,21H2. The first-order valence-corrected chi connectivity index (χ1v) is 9.36. The van der Waals surface area contributed by atoms with Crippen molar-refractivity contribution in [2.45, 2.75) is 0 Å². The zero-order valence-electron chi connectivity index (χ0n) is 14.5. The first-order chi connectivity index (χ1) is 13.1. The molecule has 1 fully saturated rings. The van der Waals surface area contributed by atoms with Crippen LogP contribution in [0.15, 0.2) is 48.8 Å². The molecule has 1 aliphatic heterocycles. The summed E-state index contributed by atoms with van der Waals surface area (Å²) in [5.41, 5.74) is 9.05. The largest absolute Gasteiger partial charge is 0.396 e. The molecule has 8 heteroatoms. The lowest BCUT2D eigenvalue weighted by atomic mass is 10.1. The second-order valence-corrected chi connectivity index (χ2v) is 7.04. The number of benzene rings is 1. The molecule has 1 saturated heterocycles. The highest BCUT2D eigenvalue weighted by atomic mass is 32.1. The number of anilines is 2. The van der Waals surface area contributed by atoms with Crippen LogP contribution in [0, 0.1) is 5.82 Å². The Morgan fingerprint density at radius 2 is 1.70 bits per heavy atom. The smallest absolute Gasteiger partial charge is 0.267 e. The molecule has 0 unspecified atom stereocenters. The minimum absolute atomic E-state index is 0.0935. The van der Waals surface area contributed by atoms with Gasteiger partial charge in [0, 0.05) is 49.8 Å². The number of halogens is 1. The van der Waals surface area contributed by atoms with Crippen LogP contribution in [0.5, 0.6) is 0 Å². The van der Waals surface area contributed by atoms with Gasteiger partial charge in [0.2, 0.25) is 0 Å². The fourth-order valence-electron chi connectivity index (χ4n) is 3.13. The van der Waals surface area contributed by atoms with Crippen molar-refractivity contribution in [3.8, 4) is 11.3 Å². The molecule has 2 aromatic heterocycles. The highest BCUT2D eigenvalue weighted by molar-refractivity contribution is 7.09. The highest BCUT2D eigenvalue weighted by Crippen LogP contribution is 2.31. The van der Waals surface area contributed by atoms with Crippen LogP contribution >= 0.6 is 11.5 Å². The Morgan fingerprint density at radius 3 is 2.37 bits per heavy atom. The Morgan fingerprint density at radius 1 is 1.04 bits per heavy atom. The summed E-state index contributed by atoms with van der Waals surface area (Å²) >= 11 is 1.13. The van der Waals surface area contributed by atoms with Gasteiger partial charge in [-0.05, 0) is 47.9 Å². The summed E-state index contributed by atoms with van der Waals surface area (Å²) in [6.45, 7) is 2.54. The number of hydrogen-bond donors (Lipinski definition) is 1. The zero-order valence-corrected chi connectivity index (χ0v) is 15.3. The molecule has 3 aromatic rings. The van der Waals surface area contributed by atoms with Crippen molar-refractivity contribution >= 4 is 28.8 Å². The normalized spacial score (nSPS) is 14.4. The molecule has 0 saturated carbocycles. The molecule has 6 nitrogen and oxygen atoms in total. The third-order valence-corrected chi connectivity index (χ3v) is 5.49. The van der Waals surface area contributed by atoms with Crippen LogP contribution in [0.1, 0.15) is 9.67 Å². The molecule has 27 heavy (non-hydrogen) atoms. The van der Waals surface area contributed by atoms with Crippen LogP contribution in [-0.4, -0.2) is 46.3 Å². The quantitative estimate of drug-likeness (QED) is 0.753. The van der Waals surface area contributed by atoms with E-state index in [-0.39, 0.29) is 11.7 Å². The predicted octanol–water partition coefficient (Wildman–Crippen LogP) is 2.89. The number of pyridine rings is 1. The SMILES string of the molecule is Nc1c(-c2ccncc2)nsc1C(=O)N1CCN(c2ccc(F)cc2)CC1. The molecular formula is C19H18FN5OS. The average molecular weight is 383 g/mol. The molecule has 0 aliphatic carbocycles. The van der Waals surface area contributed by atoms with E-state index in [1.807, 2.05) is 12.1 Å². The van der Waals surface area contributed by atoms with Crippen LogP contribution in [-0.2, 0) is 0 Å². The van der Waals surface area contributed by atoms with Gasteiger partial charge in [0.05, 0.1) is 5.69 Å². The Balaban J connectivity index is 1.45. The number of amides is 1. The van der Waals surface area contributed by atoms with E-state index in [0.29, 0.717) is 42.4 Å². The molecule has 1 aromatic carbocycles. The summed E-state index contributed by atoms with van der Waals surface area (Å²) in [4.78, 5) is 21.3. The van der Waals surface area contributed by atoms with Gasteiger partial charge in [0.25, 0.3) is 5.91 Å². The number of nitrogens with two attached hydrogens (primary N) is 1. The zero-order chi connectivity index (χ0) is 18.8. The predicted molar refractivity (Wildman–Crippen MR) is 104 cm³/mol. The van der Waals surface area contributed by atoms with Gasteiger partial charge in [0.15, 0.2) is 0 Å². The molecule has 138 valence electrons. The first-order valence-electron chi connectivity index (χ1n) is 8.59. The molecule has 3 heterocycles. The summed E-state index contributed by atoms with van der Waals surface area (Å²) in [6.07, 6.45) is 3.34. The molecule has 2 N–H and O–H groups in total. The molecule has 4 rings (SSSR count). The van der Waals surface area contributed by atoms with Gasteiger partial charge in [-0.1, -0.05) is 0 Å². The van der Waals surface area contributed by atoms with Gasteiger partial charge in [-0.2, -0.15) is 4.37 Å². The van der Waals surface area contributed by atoms with Crippen LogP contribution < -0.4 is 10.6 Å². The fraction of sp³-hybridized carbons (Fsp3) is 0.211. The van der Waals surface area contributed by atoms with Crippen LogP contribution in [0.2, 0.25) is 0 Å². The summed E-state index contributed by atoms with van der Waals surface area (Å²) in [5.74, 6) is -0.345. The molecule has 0 spiro atoms. The van der Waals surface area contributed by atoms with Crippen molar-refractivity contribution in [2.24, 2.45) is 0 Å². The molecule has 1 aliphatic rings. The maximum atomic E-state index is 13.1. The van der Waals surface area contributed by atoms with Gasteiger partial charge < -0.3 is 15.5 Å². The maximum Gasteiger partial charge on any atom is 0.267 e. The Labute approximate surface area is 160 Å². The third kappa shape index (κ3) is 3.48. The van der Waals surface area contributed by atoms with Crippen molar-refractivity contribution in [2.75, 3.05) is 36.8 Å². The number of nitrogen functional groups attached to an aromatic ring is 1. The van der Waals surface area contributed by atoms with E-state index in [2.05, 4.69) is 14.3 Å². The van der Waals surface area contributed by atoms with Crippen molar-refractivity contribution in [1.29, 1.82) is 0 Å². The van der Waals surface area contributed by atoms with Crippen molar-refractivity contribution < 1.29 is 9.18 Å². The number of aromatic nitrogens is 2. The van der Waals surface area contributed by atoms with E-state index in [1.54, 1.807) is 29.4 Å². The molecular weight excluding hydrogens is 365 g/mol. The van der Waals surface area contributed by atoms with Gasteiger partial charge in [0.1, 0.15) is 16.4 Å². The van der Waals surface area contributed by atoms with E-state index in [9.17, 15) is 9.18 Å². The van der Waals surface area contributed by atoms with E-state index < -0.39 is 0 Å². The molecule has 1 amide bonds. The summed E-state index contributed by atoms with van der Waals surface area (Å²) in [6, 6.07) is 10.1. The van der Waals surface area contributed by atoms with E-state index in [0.717, 1.165) is 22.8 Å². The topological polar surface area (TPSA) is 75.3 Å². The van der Waals surface area contributed by atoms with Gasteiger partial charge in [-0.15, -0.1) is 0 Å². The lowest BCUT2D eigenvalue weighted by Gasteiger charge is -2.36. The highest BCUT2D eigenvalue weighted by Gasteiger charge is 2.26. The van der Waals surface area contributed by atoms with Gasteiger partial charge >= 0.3 is 0 Å². The van der Waals surface area contributed by atoms with E-state index in [4.69, 9.17) is 5.73 Å². The summed E-state index contributed by atoms with van der Waals surface area (Å²) < 4.78 is 17.4. The van der Waals surface area contributed by atoms with Gasteiger partial charge in [-0.3, -0.25) is 9.78 Å². The minimum Gasteiger partial charge on any atom is -0.396 e. The minimum atomic E-state index is -0.252. The number of piperazine rings is 1. The second kappa shape index (κ2) is 7.32. The summed E-state index contributed by atoms with van der Waals surface area (Å²) in [5, 5.41) is 0. The summed E-state index contributed by atoms with van der Waals surface area (Å²) in [7, 11) is 0. The molecule has 0 bridgehead atoms. The second-order valence-electron chi connectivity index (χ2n) is 6.27. The van der Waals surface area contributed by atoms with Crippen LogP contribution in [0.25, 0.3) is 11.3 Å². The Bertz CT molecular complexity index is 936. The maximum absolute atomic E-state index is 13.1. The number of rotatable bonds is 3. The van der Waals surface area contributed by atoms with E-state index in [1.165, 1.54) is 12.1 Å². The number of carbonyl (C=O) groups is 1. The van der Waals surface area contributed by atoms with E-state index >= 15 is 0 Å². The average Bonchev–Trinajstić information content (AvgIpc) is 3.10. The third-order valence-electron chi connectivity index (χ3n) is 4.63. The molecule has 0 radical (unpaired) electrons. The van der Waals surface area contributed by atoms with Crippen molar-refractivity contribution in [3.63, 3.8) is 0 Å².